The molecule has 0 spiro atoms. The van der Waals surface area contributed by atoms with Crippen LogP contribution >= 0.6 is 0 Å². The number of aromatic hydroxyl groups is 1. The van der Waals surface area contributed by atoms with E-state index < -0.39 is 17.8 Å². The molecule has 0 aromatic heterocycles. The van der Waals surface area contributed by atoms with Crippen LogP contribution in [0.5, 0.6) is 17.2 Å². The molecule has 4 rings (SSSR count). The van der Waals surface area contributed by atoms with Crippen LogP contribution in [-0.4, -0.2) is 37.2 Å². The summed E-state index contributed by atoms with van der Waals surface area (Å²) in [5, 5.41) is 13.8. The van der Waals surface area contributed by atoms with Gasteiger partial charge >= 0.3 is 6.03 Å². The lowest BCUT2D eigenvalue weighted by molar-refractivity contribution is -0.122. The molecule has 1 aliphatic rings. The van der Waals surface area contributed by atoms with E-state index in [2.05, 4.69) is 5.32 Å². The van der Waals surface area contributed by atoms with E-state index in [0.717, 1.165) is 10.3 Å². The highest BCUT2D eigenvalue weighted by Crippen LogP contribution is 2.38. The molecule has 0 unspecified atom stereocenters. The molecular formula is C23H18N2O6. The van der Waals surface area contributed by atoms with Crippen LogP contribution in [-0.2, 0) is 9.59 Å². The van der Waals surface area contributed by atoms with E-state index in [1.165, 1.54) is 32.4 Å². The van der Waals surface area contributed by atoms with E-state index in [4.69, 9.17) is 9.47 Å². The maximum atomic E-state index is 13.2. The van der Waals surface area contributed by atoms with Crippen LogP contribution in [0.4, 0.5) is 10.5 Å². The second kappa shape index (κ2) is 7.83. The van der Waals surface area contributed by atoms with Crippen LogP contribution in [0.1, 0.15) is 5.56 Å². The summed E-state index contributed by atoms with van der Waals surface area (Å²) in [4.78, 5) is 39.2. The fourth-order valence-corrected chi connectivity index (χ4v) is 3.44. The number of nitrogens with one attached hydrogen (secondary N) is 1. The maximum absolute atomic E-state index is 13.2. The van der Waals surface area contributed by atoms with Gasteiger partial charge in [0.25, 0.3) is 11.8 Å². The zero-order valence-corrected chi connectivity index (χ0v) is 16.7. The van der Waals surface area contributed by atoms with E-state index in [-0.39, 0.29) is 22.8 Å². The van der Waals surface area contributed by atoms with Gasteiger partial charge in [-0.2, -0.15) is 0 Å². The Hall–Kier alpha value is -4.33. The molecule has 8 heteroatoms. The third-order valence-corrected chi connectivity index (χ3v) is 4.92. The molecule has 0 saturated carbocycles. The van der Waals surface area contributed by atoms with Gasteiger partial charge in [-0.15, -0.1) is 0 Å². The standard InChI is InChI=1S/C23H18N2O6/c1-30-18-11-13(12-19(31-2)20(18)26)10-16-21(27)24-23(29)25(22(16)28)17-9-5-7-14-6-3-4-8-15(14)17/h3-12,26H,1-2H3,(H,24,27,29)/b16-10+. The van der Waals surface area contributed by atoms with Crippen molar-refractivity contribution in [1.82, 2.24) is 5.32 Å². The van der Waals surface area contributed by atoms with Crippen molar-refractivity contribution in [2.24, 2.45) is 0 Å². The van der Waals surface area contributed by atoms with Crippen LogP contribution in [0, 0.1) is 0 Å². The molecule has 1 saturated heterocycles. The number of methoxy groups -OCH3 is 2. The molecule has 4 amide bonds. The number of phenolic OH excluding ortho intramolecular Hbond substituents is 1. The highest BCUT2D eigenvalue weighted by atomic mass is 16.5. The normalized spacial score (nSPS) is 15.4. The van der Waals surface area contributed by atoms with Gasteiger partial charge in [0.2, 0.25) is 5.75 Å². The topological polar surface area (TPSA) is 105 Å². The zero-order valence-electron chi connectivity index (χ0n) is 16.7. The molecule has 156 valence electrons. The second-order valence-electron chi connectivity index (χ2n) is 6.73. The van der Waals surface area contributed by atoms with Gasteiger partial charge in [0.05, 0.1) is 19.9 Å². The number of hydrogen-bond acceptors (Lipinski definition) is 6. The van der Waals surface area contributed by atoms with Crippen LogP contribution in [0.3, 0.4) is 0 Å². The molecule has 2 N–H and O–H groups in total. The van der Waals surface area contributed by atoms with E-state index >= 15 is 0 Å². The minimum Gasteiger partial charge on any atom is -0.502 e. The van der Waals surface area contributed by atoms with E-state index in [1.807, 2.05) is 18.2 Å². The summed E-state index contributed by atoms with van der Waals surface area (Å²) >= 11 is 0. The number of carbonyl (C=O) groups is 3. The van der Waals surface area contributed by atoms with Crippen LogP contribution in [0.2, 0.25) is 0 Å². The Balaban J connectivity index is 1.82. The number of phenols is 1. The Morgan fingerprint density at radius 3 is 2.26 bits per heavy atom. The van der Waals surface area contributed by atoms with E-state index in [0.29, 0.717) is 16.6 Å². The van der Waals surface area contributed by atoms with Crippen molar-refractivity contribution in [1.29, 1.82) is 0 Å². The van der Waals surface area contributed by atoms with Gasteiger partial charge in [0.15, 0.2) is 11.5 Å². The molecule has 0 radical (unpaired) electrons. The van der Waals surface area contributed by atoms with Gasteiger partial charge in [0.1, 0.15) is 5.57 Å². The third kappa shape index (κ3) is 3.44. The van der Waals surface area contributed by atoms with Crippen molar-refractivity contribution in [2.75, 3.05) is 19.1 Å². The van der Waals surface area contributed by atoms with Gasteiger partial charge in [0, 0.05) is 5.39 Å². The SMILES string of the molecule is COc1cc(/C=C2\C(=O)NC(=O)N(c3cccc4ccccc34)C2=O)cc(OC)c1O. The lowest BCUT2D eigenvalue weighted by Crippen LogP contribution is -2.54. The molecule has 0 atom stereocenters. The number of carbonyl (C=O) groups excluding carboxylic acids is 3. The van der Waals surface area contributed by atoms with Crippen LogP contribution < -0.4 is 19.7 Å². The number of anilines is 1. The number of imide groups is 2. The number of amides is 4. The maximum Gasteiger partial charge on any atom is 0.335 e. The Kier molecular flexibility index (Phi) is 5.04. The molecule has 8 nitrogen and oxygen atoms in total. The van der Waals surface area contributed by atoms with E-state index in [9.17, 15) is 19.5 Å². The smallest absolute Gasteiger partial charge is 0.335 e. The molecule has 3 aromatic carbocycles. The molecule has 1 heterocycles. The molecule has 3 aromatic rings. The van der Waals surface area contributed by atoms with Crippen molar-refractivity contribution < 1.29 is 29.0 Å². The molecule has 31 heavy (non-hydrogen) atoms. The largest absolute Gasteiger partial charge is 0.502 e. The lowest BCUT2D eigenvalue weighted by atomic mass is 10.0. The first-order chi connectivity index (χ1) is 14.9. The number of rotatable bonds is 4. The average molecular weight is 418 g/mol. The van der Waals surface area contributed by atoms with Gasteiger partial charge in [-0.3, -0.25) is 14.9 Å². The fraction of sp³-hybridized carbons (Fsp3) is 0.0870. The number of hydrogen-bond donors (Lipinski definition) is 2. The third-order valence-electron chi connectivity index (χ3n) is 4.92. The number of barbiturate groups is 1. The minimum absolute atomic E-state index is 0.108. The summed E-state index contributed by atoms with van der Waals surface area (Å²) in [6, 6.07) is 14.6. The predicted molar refractivity (Wildman–Crippen MR) is 114 cm³/mol. The van der Waals surface area contributed by atoms with Crippen molar-refractivity contribution in [3.63, 3.8) is 0 Å². The fourth-order valence-electron chi connectivity index (χ4n) is 3.44. The Morgan fingerprint density at radius 2 is 1.58 bits per heavy atom. The number of benzene rings is 3. The van der Waals surface area contributed by atoms with Crippen LogP contribution in [0.25, 0.3) is 16.8 Å². The van der Waals surface area contributed by atoms with Crippen LogP contribution in [0.15, 0.2) is 60.2 Å². The first-order valence-corrected chi connectivity index (χ1v) is 9.28. The minimum atomic E-state index is -0.829. The number of fused-ring (bicyclic) bond motifs is 1. The van der Waals surface area contributed by atoms with Crippen molar-refractivity contribution in [3.8, 4) is 17.2 Å². The Labute approximate surface area is 177 Å². The van der Waals surface area contributed by atoms with Gasteiger partial charge < -0.3 is 14.6 Å². The lowest BCUT2D eigenvalue weighted by Gasteiger charge is -2.27. The molecule has 0 bridgehead atoms. The van der Waals surface area contributed by atoms with Crippen molar-refractivity contribution >= 4 is 40.4 Å². The number of ether oxygens (including phenoxy) is 2. The molecule has 1 aliphatic heterocycles. The summed E-state index contributed by atoms with van der Waals surface area (Å²) < 4.78 is 10.2. The van der Waals surface area contributed by atoms with Gasteiger partial charge in [-0.05, 0) is 35.2 Å². The quantitative estimate of drug-likeness (QED) is 0.498. The van der Waals surface area contributed by atoms with Crippen molar-refractivity contribution in [3.05, 3.63) is 65.7 Å². The zero-order chi connectivity index (χ0) is 22.1. The Bertz CT molecular complexity index is 1230. The monoisotopic (exact) mass is 418 g/mol. The summed E-state index contributed by atoms with van der Waals surface area (Å²) in [6.45, 7) is 0. The summed E-state index contributed by atoms with van der Waals surface area (Å²) in [5.74, 6) is -1.58. The first kappa shape index (κ1) is 20.0. The van der Waals surface area contributed by atoms with Gasteiger partial charge in [-0.25, -0.2) is 9.69 Å². The predicted octanol–water partition coefficient (Wildman–Crippen LogP) is 3.23. The van der Waals surface area contributed by atoms with Crippen molar-refractivity contribution in [2.45, 2.75) is 0 Å². The highest BCUT2D eigenvalue weighted by molar-refractivity contribution is 6.40. The number of urea groups is 1. The molecule has 1 fully saturated rings. The highest BCUT2D eigenvalue weighted by Gasteiger charge is 2.37. The Morgan fingerprint density at radius 1 is 0.935 bits per heavy atom. The summed E-state index contributed by atoms with van der Waals surface area (Å²) in [6.07, 6.45) is 1.31. The van der Waals surface area contributed by atoms with Gasteiger partial charge in [-0.1, -0.05) is 36.4 Å². The summed E-state index contributed by atoms with van der Waals surface area (Å²) in [5.41, 5.74) is 0.486. The molecular weight excluding hydrogens is 400 g/mol. The van der Waals surface area contributed by atoms with E-state index in [1.54, 1.807) is 24.3 Å². The second-order valence-corrected chi connectivity index (χ2v) is 6.73. The number of nitrogens with zero attached hydrogens (tertiary/aromatic N) is 1. The average Bonchev–Trinajstić information content (AvgIpc) is 2.77. The molecule has 0 aliphatic carbocycles. The first-order valence-electron chi connectivity index (χ1n) is 9.28. The summed E-state index contributed by atoms with van der Waals surface area (Å²) in [7, 11) is 2.73.